The van der Waals surface area contributed by atoms with E-state index in [0.29, 0.717) is 0 Å². The van der Waals surface area contributed by atoms with Gasteiger partial charge >= 0.3 is 16.4 Å². The second kappa shape index (κ2) is 9.44. The molecule has 2 aliphatic heterocycles. The Balaban J connectivity index is 2.21. The average molecular weight is 448 g/mol. The van der Waals surface area contributed by atoms with E-state index in [-0.39, 0.29) is 0 Å². The van der Waals surface area contributed by atoms with E-state index >= 15 is 0 Å². The quantitative estimate of drug-likeness (QED) is 0.208. The molecule has 6 N–H and O–H groups in total. The summed E-state index contributed by atoms with van der Waals surface area (Å²) in [5, 5.41) is 49.0. The first-order valence-electron chi connectivity index (χ1n) is 8.43. The monoisotopic (exact) mass is 448 g/mol. The van der Waals surface area contributed by atoms with E-state index in [9.17, 15) is 38.7 Å². The van der Waals surface area contributed by atoms with E-state index in [1.165, 1.54) is 14.0 Å². The number of hydrogen-bond acceptors (Lipinski definition) is 12. The molecule has 0 bridgehead atoms. The lowest BCUT2D eigenvalue weighted by Crippen LogP contribution is -2.63. The summed E-state index contributed by atoms with van der Waals surface area (Å²) in [6.45, 7) is 0.673. The van der Waals surface area contributed by atoms with Crippen molar-refractivity contribution in [1.29, 1.82) is 0 Å². The van der Waals surface area contributed by atoms with Gasteiger partial charge in [-0.2, -0.15) is 8.42 Å². The van der Waals surface area contributed by atoms with Crippen LogP contribution in [-0.4, -0.2) is 113 Å². The molecular formula is C14H24O14S. The molecule has 170 valence electrons. The molecule has 0 amide bonds. The van der Waals surface area contributed by atoms with Crippen LogP contribution in [0.5, 0.6) is 0 Å². The van der Waals surface area contributed by atoms with Crippen LogP contribution in [0.15, 0.2) is 0 Å². The standard InChI is InChI=1S/C14H24O14S/c1-4-6(15)9(24-2)5(3-25-29(21,22)23)26-14(4)28-10-7(16)8(17)13(20)27-11(10)12(18)19/h4-11,13-17,20H,3H2,1-2H3,(H,18,19)(H,21,22,23)/t4?,5?,6-,7-,8?,9-,10+,11?,13?,14+/m1/s1. The molecule has 29 heavy (non-hydrogen) atoms. The van der Waals surface area contributed by atoms with E-state index in [4.69, 9.17) is 23.5 Å². The van der Waals surface area contributed by atoms with Gasteiger partial charge in [-0.15, -0.1) is 0 Å². The minimum Gasteiger partial charge on any atom is -0.479 e. The van der Waals surface area contributed by atoms with E-state index in [1.54, 1.807) is 0 Å². The van der Waals surface area contributed by atoms with Gasteiger partial charge < -0.3 is 44.5 Å². The van der Waals surface area contributed by atoms with E-state index < -0.39 is 84.2 Å². The minimum atomic E-state index is -4.83. The SMILES string of the molecule is CO[C@@H]1C(COS(=O)(=O)O)O[C@@H](O[C@@H]2C(C(=O)O)OC(O)C(O)[C@H]2O)C(C)[C@H]1O. The van der Waals surface area contributed by atoms with Crippen LogP contribution in [0.1, 0.15) is 6.92 Å². The minimum absolute atomic E-state index is 0.769. The van der Waals surface area contributed by atoms with Crippen LogP contribution in [-0.2, 0) is 38.3 Å². The summed E-state index contributed by atoms with van der Waals surface area (Å²) in [5.74, 6) is -2.49. The predicted molar refractivity (Wildman–Crippen MR) is 87.5 cm³/mol. The normalized spacial score (nSPS) is 43.8. The number of carboxylic acid groups (broad SMARTS) is 1. The zero-order valence-electron chi connectivity index (χ0n) is 15.3. The third kappa shape index (κ3) is 5.59. The van der Waals surface area contributed by atoms with Crippen LogP contribution >= 0.6 is 0 Å². The number of aliphatic carboxylic acids is 1. The Labute approximate surface area is 165 Å². The van der Waals surface area contributed by atoms with Crippen molar-refractivity contribution in [2.45, 2.75) is 62.2 Å². The van der Waals surface area contributed by atoms with Crippen LogP contribution < -0.4 is 0 Å². The highest BCUT2D eigenvalue weighted by Crippen LogP contribution is 2.32. The Hall–Kier alpha value is -0.980. The molecule has 2 heterocycles. The van der Waals surface area contributed by atoms with Crippen LogP contribution in [0.2, 0.25) is 0 Å². The molecule has 14 nitrogen and oxygen atoms in total. The molecule has 10 atom stereocenters. The highest BCUT2D eigenvalue weighted by Gasteiger charge is 2.52. The van der Waals surface area contributed by atoms with E-state index in [0.717, 1.165) is 0 Å². The second-order valence-corrected chi connectivity index (χ2v) is 7.76. The Kier molecular flexibility index (Phi) is 7.91. The van der Waals surface area contributed by atoms with Gasteiger partial charge in [0.25, 0.3) is 0 Å². The summed E-state index contributed by atoms with van der Waals surface area (Å²) < 4.78 is 55.4. The summed E-state index contributed by atoms with van der Waals surface area (Å²) in [7, 11) is -3.62. The molecule has 5 unspecified atom stereocenters. The number of carbonyl (C=O) groups is 1. The Morgan fingerprint density at radius 3 is 2.17 bits per heavy atom. The molecule has 0 aromatic heterocycles. The van der Waals surface area contributed by atoms with Crippen molar-refractivity contribution in [3.63, 3.8) is 0 Å². The molecule has 0 radical (unpaired) electrons. The fourth-order valence-electron chi connectivity index (χ4n) is 3.14. The lowest BCUT2D eigenvalue weighted by Gasteiger charge is -2.46. The summed E-state index contributed by atoms with van der Waals surface area (Å²) in [6.07, 6.45) is -14.5. The fourth-order valence-corrected chi connectivity index (χ4v) is 3.45. The first-order chi connectivity index (χ1) is 13.4. The molecule has 2 saturated heterocycles. The maximum absolute atomic E-state index is 11.4. The molecule has 2 aliphatic rings. The first kappa shape index (κ1) is 24.3. The van der Waals surface area contributed by atoms with Crippen molar-refractivity contribution in [3.8, 4) is 0 Å². The lowest BCUT2D eigenvalue weighted by atomic mass is 9.91. The van der Waals surface area contributed by atoms with Gasteiger partial charge in [0.1, 0.15) is 30.5 Å². The molecule has 15 heteroatoms. The molecular weight excluding hydrogens is 424 g/mol. The molecule has 0 aliphatic carbocycles. The zero-order chi connectivity index (χ0) is 22.1. The predicted octanol–water partition coefficient (Wildman–Crippen LogP) is -3.55. The summed E-state index contributed by atoms with van der Waals surface area (Å²) in [5.41, 5.74) is 0. The number of methoxy groups -OCH3 is 1. The van der Waals surface area contributed by atoms with Gasteiger partial charge in [-0.1, -0.05) is 6.92 Å². The molecule has 0 aromatic carbocycles. The van der Waals surface area contributed by atoms with Crippen molar-refractivity contribution in [3.05, 3.63) is 0 Å². The number of ether oxygens (including phenoxy) is 4. The molecule has 2 fully saturated rings. The molecule has 0 saturated carbocycles. The molecule has 2 rings (SSSR count). The number of rotatable bonds is 7. The van der Waals surface area contributed by atoms with Gasteiger partial charge in [0.15, 0.2) is 18.7 Å². The summed E-state index contributed by atoms with van der Waals surface area (Å²) in [6, 6.07) is 0. The topological polar surface area (TPSA) is 219 Å². The fraction of sp³-hybridized carbons (Fsp3) is 0.929. The van der Waals surface area contributed by atoms with E-state index in [2.05, 4.69) is 4.18 Å². The average Bonchev–Trinajstić information content (AvgIpc) is 2.63. The molecule has 0 spiro atoms. The first-order valence-corrected chi connectivity index (χ1v) is 9.80. The number of carboxylic acids is 1. The third-order valence-corrected chi connectivity index (χ3v) is 5.17. The maximum Gasteiger partial charge on any atom is 0.397 e. The Morgan fingerprint density at radius 2 is 1.66 bits per heavy atom. The number of hydrogen-bond donors (Lipinski definition) is 6. The van der Waals surface area contributed by atoms with Crippen LogP contribution in [0.4, 0.5) is 0 Å². The van der Waals surface area contributed by atoms with Gasteiger partial charge in [-0.25, -0.2) is 8.98 Å². The van der Waals surface area contributed by atoms with Crippen LogP contribution in [0, 0.1) is 5.92 Å². The van der Waals surface area contributed by atoms with Gasteiger partial charge in [-0.3, -0.25) is 4.55 Å². The summed E-state index contributed by atoms with van der Waals surface area (Å²) in [4.78, 5) is 11.4. The second-order valence-electron chi connectivity index (χ2n) is 6.67. The smallest absolute Gasteiger partial charge is 0.397 e. The van der Waals surface area contributed by atoms with Crippen molar-refractivity contribution in [1.82, 2.24) is 0 Å². The van der Waals surface area contributed by atoms with Gasteiger partial charge in [0, 0.05) is 13.0 Å². The highest BCUT2D eigenvalue weighted by atomic mass is 32.3. The Bertz CT molecular complexity index is 669. The van der Waals surface area contributed by atoms with Crippen molar-refractivity contribution in [2.75, 3.05) is 13.7 Å². The summed E-state index contributed by atoms with van der Waals surface area (Å²) >= 11 is 0. The van der Waals surface area contributed by atoms with E-state index in [1.807, 2.05) is 0 Å². The van der Waals surface area contributed by atoms with Gasteiger partial charge in [0.05, 0.1) is 12.7 Å². The largest absolute Gasteiger partial charge is 0.479 e. The lowest BCUT2D eigenvalue weighted by molar-refractivity contribution is -0.342. The van der Waals surface area contributed by atoms with Crippen molar-refractivity contribution in [2.24, 2.45) is 5.92 Å². The Morgan fingerprint density at radius 1 is 1.03 bits per heavy atom. The molecule has 0 aromatic rings. The van der Waals surface area contributed by atoms with Crippen LogP contribution in [0.3, 0.4) is 0 Å². The maximum atomic E-state index is 11.4. The number of aliphatic hydroxyl groups excluding tert-OH is 4. The van der Waals surface area contributed by atoms with Crippen LogP contribution in [0.25, 0.3) is 0 Å². The third-order valence-electron chi connectivity index (χ3n) is 4.73. The van der Waals surface area contributed by atoms with Crippen molar-refractivity contribution < 1.29 is 66.4 Å². The van der Waals surface area contributed by atoms with Gasteiger partial charge in [0.2, 0.25) is 0 Å². The zero-order valence-corrected chi connectivity index (χ0v) is 16.2. The highest BCUT2D eigenvalue weighted by molar-refractivity contribution is 7.80. The van der Waals surface area contributed by atoms with Gasteiger partial charge in [-0.05, 0) is 0 Å². The van der Waals surface area contributed by atoms with Crippen molar-refractivity contribution >= 4 is 16.4 Å². The number of aliphatic hydroxyl groups is 4.